The largest absolute Gasteiger partial charge is 0.399 e. The number of nitrogen functional groups attached to an aromatic ring is 1. The molecule has 102 valence electrons. The van der Waals surface area contributed by atoms with Crippen LogP contribution in [0.3, 0.4) is 0 Å². The van der Waals surface area contributed by atoms with Crippen LogP contribution in [-0.2, 0) is 11.2 Å². The highest BCUT2D eigenvalue weighted by atomic mass is 32.2. The molecule has 5 heteroatoms. The van der Waals surface area contributed by atoms with Gasteiger partial charge in [0.05, 0.1) is 11.4 Å². The lowest BCUT2D eigenvalue weighted by atomic mass is 9.93. The van der Waals surface area contributed by atoms with E-state index in [1.54, 1.807) is 29.2 Å². The van der Waals surface area contributed by atoms with Crippen LogP contribution in [0, 0.1) is 5.82 Å². The van der Waals surface area contributed by atoms with Crippen molar-refractivity contribution in [2.24, 2.45) is 0 Å². The molecule has 0 unspecified atom stereocenters. The maximum absolute atomic E-state index is 13.2. The zero-order valence-electron chi connectivity index (χ0n) is 11.2. The smallest absolute Gasteiger partial charge is 0.126 e. The van der Waals surface area contributed by atoms with Crippen molar-refractivity contribution in [2.45, 2.75) is 36.8 Å². The standard InChI is InChI=1S/C14H17FN2S2/c1-14(2,3)12-7-19-13(17-12)8-18-11-5-9(15)4-10(16)6-11/h4-7H,8,16H2,1-3H3. The van der Waals surface area contributed by atoms with Gasteiger partial charge >= 0.3 is 0 Å². The number of halogens is 1. The molecule has 0 radical (unpaired) electrons. The molecule has 2 nitrogen and oxygen atoms in total. The molecule has 0 fully saturated rings. The normalized spacial score (nSPS) is 11.8. The Morgan fingerprint density at radius 3 is 2.63 bits per heavy atom. The Labute approximate surface area is 121 Å². The van der Waals surface area contributed by atoms with Gasteiger partial charge in [0.15, 0.2) is 0 Å². The lowest BCUT2D eigenvalue weighted by Crippen LogP contribution is -2.11. The summed E-state index contributed by atoms with van der Waals surface area (Å²) in [6.07, 6.45) is 0. The van der Waals surface area contributed by atoms with Crippen LogP contribution in [0.5, 0.6) is 0 Å². The van der Waals surface area contributed by atoms with Gasteiger partial charge in [-0.15, -0.1) is 23.1 Å². The fourth-order valence-corrected chi connectivity index (χ4v) is 3.56. The van der Waals surface area contributed by atoms with Crippen LogP contribution in [0.2, 0.25) is 0 Å². The number of anilines is 1. The lowest BCUT2D eigenvalue weighted by Gasteiger charge is -2.14. The highest BCUT2D eigenvalue weighted by Crippen LogP contribution is 2.29. The summed E-state index contributed by atoms with van der Waals surface area (Å²) in [6.45, 7) is 6.44. The highest BCUT2D eigenvalue weighted by Gasteiger charge is 2.17. The van der Waals surface area contributed by atoms with Crippen LogP contribution in [0.15, 0.2) is 28.5 Å². The van der Waals surface area contributed by atoms with E-state index in [-0.39, 0.29) is 11.2 Å². The fraction of sp³-hybridized carbons (Fsp3) is 0.357. The summed E-state index contributed by atoms with van der Waals surface area (Å²) in [4.78, 5) is 5.45. The molecule has 2 rings (SSSR count). The number of nitrogens with two attached hydrogens (primary N) is 1. The summed E-state index contributed by atoms with van der Waals surface area (Å²) in [7, 11) is 0. The average Bonchev–Trinajstić information content (AvgIpc) is 2.73. The van der Waals surface area contributed by atoms with Gasteiger partial charge in [0, 0.05) is 21.4 Å². The number of hydrogen-bond acceptors (Lipinski definition) is 4. The number of rotatable bonds is 3. The molecule has 1 aromatic heterocycles. The van der Waals surface area contributed by atoms with Crippen LogP contribution in [0.4, 0.5) is 10.1 Å². The van der Waals surface area contributed by atoms with E-state index in [4.69, 9.17) is 5.73 Å². The van der Waals surface area contributed by atoms with Crippen LogP contribution in [0.1, 0.15) is 31.5 Å². The fourth-order valence-electron chi connectivity index (χ4n) is 1.53. The summed E-state index contributed by atoms with van der Waals surface area (Å²) < 4.78 is 13.2. The molecule has 0 bridgehead atoms. The first-order valence-electron chi connectivity index (χ1n) is 5.98. The Hall–Kier alpha value is -1.07. The van der Waals surface area contributed by atoms with Crippen molar-refractivity contribution in [2.75, 3.05) is 5.73 Å². The van der Waals surface area contributed by atoms with E-state index in [9.17, 15) is 4.39 Å². The van der Waals surface area contributed by atoms with Gasteiger partial charge < -0.3 is 5.73 Å². The molecule has 0 atom stereocenters. The molecule has 0 spiro atoms. The third-order valence-corrected chi connectivity index (χ3v) is 4.59. The molecule has 2 aromatic rings. The molecule has 0 saturated heterocycles. The van der Waals surface area contributed by atoms with Crippen molar-refractivity contribution >= 4 is 28.8 Å². The van der Waals surface area contributed by atoms with E-state index >= 15 is 0 Å². The van der Waals surface area contributed by atoms with Gasteiger partial charge in [-0.3, -0.25) is 0 Å². The Balaban J connectivity index is 2.04. The van der Waals surface area contributed by atoms with Gasteiger partial charge in [0.25, 0.3) is 0 Å². The number of aromatic nitrogens is 1. The van der Waals surface area contributed by atoms with Gasteiger partial charge in [-0.05, 0) is 18.2 Å². The Kier molecular flexibility index (Phi) is 4.16. The molecule has 2 N–H and O–H groups in total. The van der Waals surface area contributed by atoms with Crippen LogP contribution in [-0.4, -0.2) is 4.98 Å². The SMILES string of the molecule is CC(C)(C)c1csc(CSc2cc(N)cc(F)c2)n1. The van der Waals surface area contributed by atoms with Crippen molar-refractivity contribution in [3.05, 3.63) is 40.1 Å². The Bertz CT molecular complexity index is 553. The molecule has 0 aliphatic carbocycles. The zero-order chi connectivity index (χ0) is 14.0. The van der Waals surface area contributed by atoms with E-state index in [0.717, 1.165) is 21.3 Å². The first-order chi connectivity index (χ1) is 8.84. The average molecular weight is 296 g/mol. The Morgan fingerprint density at radius 1 is 1.32 bits per heavy atom. The molecule has 0 aliphatic heterocycles. The van der Waals surface area contributed by atoms with Crippen LogP contribution < -0.4 is 5.73 Å². The number of benzene rings is 1. The monoisotopic (exact) mass is 296 g/mol. The second-order valence-electron chi connectivity index (χ2n) is 5.39. The van der Waals surface area contributed by atoms with E-state index in [0.29, 0.717) is 5.69 Å². The summed E-state index contributed by atoms with van der Waals surface area (Å²) in [6, 6.07) is 4.61. The molecule has 19 heavy (non-hydrogen) atoms. The van der Waals surface area contributed by atoms with Gasteiger partial charge in [-0.25, -0.2) is 9.37 Å². The van der Waals surface area contributed by atoms with Crippen molar-refractivity contribution in [3.8, 4) is 0 Å². The predicted molar refractivity (Wildman–Crippen MR) is 81.2 cm³/mol. The first-order valence-corrected chi connectivity index (χ1v) is 7.85. The number of thioether (sulfide) groups is 1. The Morgan fingerprint density at radius 2 is 2.05 bits per heavy atom. The van der Waals surface area contributed by atoms with Crippen molar-refractivity contribution < 1.29 is 4.39 Å². The molecular weight excluding hydrogens is 279 g/mol. The molecule has 0 saturated carbocycles. The quantitative estimate of drug-likeness (QED) is 0.671. The van der Waals surface area contributed by atoms with Gasteiger partial charge in [-0.2, -0.15) is 0 Å². The first kappa shape index (κ1) is 14.3. The maximum atomic E-state index is 13.2. The van der Waals surface area contributed by atoms with Crippen LogP contribution in [0.25, 0.3) is 0 Å². The summed E-state index contributed by atoms with van der Waals surface area (Å²) >= 11 is 3.20. The molecule has 0 aliphatic rings. The number of nitrogens with zero attached hydrogens (tertiary/aromatic N) is 1. The summed E-state index contributed by atoms with van der Waals surface area (Å²) in [5, 5.41) is 3.15. The number of thiazole rings is 1. The van der Waals surface area contributed by atoms with Gasteiger partial charge in [-0.1, -0.05) is 20.8 Å². The van der Waals surface area contributed by atoms with E-state index in [1.165, 1.54) is 12.1 Å². The van der Waals surface area contributed by atoms with E-state index in [2.05, 4.69) is 31.1 Å². The zero-order valence-corrected chi connectivity index (χ0v) is 12.9. The second kappa shape index (κ2) is 5.51. The molecular formula is C14H17FN2S2. The summed E-state index contributed by atoms with van der Waals surface area (Å²) in [5.41, 5.74) is 7.25. The maximum Gasteiger partial charge on any atom is 0.126 e. The molecule has 0 amide bonds. The predicted octanol–water partition coefficient (Wildman–Crippen LogP) is 4.45. The highest BCUT2D eigenvalue weighted by molar-refractivity contribution is 7.98. The van der Waals surface area contributed by atoms with E-state index < -0.39 is 0 Å². The molecule has 1 heterocycles. The van der Waals surface area contributed by atoms with Crippen molar-refractivity contribution in [1.29, 1.82) is 0 Å². The third kappa shape index (κ3) is 3.94. The van der Waals surface area contributed by atoms with Crippen LogP contribution >= 0.6 is 23.1 Å². The van der Waals surface area contributed by atoms with Crippen molar-refractivity contribution in [3.63, 3.8) is 0 Å². The second-order valence-corrected chi connectivity index (χ2v) is 7.38. The topological polar surface area (TPSA) is 38.9 Å². The number of hydrogen-bond donors (Lipinski definition) is 1. The van der Waals surface area contributed by atoms with Crippen molar-refractivity contribution in [1.82, 2.24) is 4.98 Å². The summed E-state index contributed by atoms with van der Waals surface area (Å²) in [5.74, 6) is 0.445. The minimum absolute atomic E-state index is 0.0721. The minimum atomic E-state index is -0.294. The lowest BCUT2D eigenvalue weighted by molar-refractivity contribution is 0.572. The van der Waals surface area contributed by atoms with E-state index in [1.807, 2.05) is 0 Å². The third-order valence-electron chi connectivity index (χ3n) is 2.58. The van der Waals surface area contributed by atoms with Gasteiger partial charge in [0.1, 0.15) is 10.8 Å². The molecule has 1 aromatic carbocycles. The van der Waals surface area contributed by atoms with Gasteiger partial charge in [0.2, 0.25) is 0 Å². The minimum Gasteiger partial charge on any atom is -0.399 e.